The molecule has 0 spiro atoms. The van der Waals surface area contributed by atoms with Crippen LogP contribution in [0.1, 0.15) is 45.2 Å². The Hall–Kier alpha value is -1.03. The number of nitrogens with one attached hydrogen (secondary N) is 1. The number of rotatable bonds is 5. The predicted molar refractivity (Wildman–Crippen MR) is 69.1 cm³/mol. The second-order valence-electron chi connectivity index (χ2n) is 5.21. The molecule has 1 aliphatic rings. The first-order valence-corrected chi connectivity index (χ1v) is 6.57. The van der Waals surface area contributed by atoms with Crippen LogP contribution in [0.25, 0.3) is 0 Å². The fraction of sp³-hybridized carbons (Fsp3) is 0.769. The summed E-state index contributed by atoms with van der Waals surface area (Å²) in [6.45, 7) is 5.04. The number of hydrogen-bond donors (Lipinski definition) is 1. The summed E-state index contributed by atoms with van der Waals surface area (Å²) >= 11 is 0. The lowest BCUT2D eigenvalue weighted by atomic mass is 10.2. The molecule has 0 radical (unpaired) electrons. The van der Waals surface area contributed by atoms with E-state index in [1.54, 1.807) is 6.26 Å². The number of nitrogens with zero attached hydrogens (tertiary/aromatic N) is 2. The van der Waals surface area contributed by atoms with Gasteiger partial charge in [-0.05, 0) is 12.8 Å². The van der Waals surface area contributed by atoms with Crippen LogP contribution in [0.5, 0.6) is 0 Å². The van der Waals surface area contributed by atoms with E-state index in [1.807, 2.05) is 0 Å². The summed E-state index contributed by atoms with van der Waals surface area (Å²) in [5.74, 6) is 0. The van der Waals surface area contributed by atoms with Gasteiger partial charge in [0.15, 0.2) is 0 Å². The average molecular weight is 237 g/mol. The highest BCUT2D eigenvalue weighted by Crippen LogP contribution is 2.26. The minimum atomic E-state index is 0.475. The molecule has 96 valence electrons. The van der Waals surface area contributed by atoms with E-state index in [4.69, 9.17) is 4.42 Å². The van der Waals surface area contributed by atoms with Crippen LogP contribution in [0.4, 0.5) is 6.01 Å². The van der Waals surface area contributed by atoms with Crippen LogP contribution < -0.4 is 10.2 Å². The van der Waals surface area contributed by atoms with Gasteiger partial charge in [0.2, 0.25) is 0 Å². The van der Waals surface area contributed by atoms with Gasteiger partial charge in [-0.15, -0.1) is 0 Å². The van der Waals surface area contributed by atoms with Gasteiger partial charge in [-0.1, -0.05) is 26.7 Å². The summed E-state index contributed by atoms with van der Waals surface area (Å²) in [6, 6.07) is 1.85. The van der Waals surface area contributed by atoms with Crippen molar-refractivity contribution in [2.75, 3.05) is 11.9 Å². The zero-order valence-electron chi connectivity index (χ0n) is 11.1. The summed E-state index contributed by atoms with van der Waals surface area (Å²) in [5, 5.41) is 3.34. The minimum absolute atomic E-state index is 0.475. The molecule has 1 saturated carbocycles. The van der Waals surface area contributed by atoms with Gasteiger partial charge in [-0.25, -0.2) is 0 Å². The van der Waals surface area contributed by atoms with E-state index < -0.39 is 0 Å². The van der Waals surface area contributed by atoms with E-state index in [2.05, 4.69) is 36.1 Å². The van der Waals surface area contributed by atoms with Gasteiger partial charge in [0.25, 0.3) is 6.01 Å². The Morgan fingerprint density at radius 3 is 2.82 bits per heavy atom. The molecular weight excluding hydrogens is 214 g/mol. The fourth-order valence-electron chi connectivity index (χ4n) is 2.30. The molecule has 17 heavy (non-hydrogen) atoms. The van der Waals surface area contributed by atoms with Gasteiger partial charge in [0.1, 0.15) is 6.26 Å². The van der Waals surface area contributed by atoms with E-state index in [0.29, 0.717) is 12.1 Å². The Morgan fingerprint density at radius 2 is 2.18 bits per heavy atom. The molecule has 0 bridgehead atoms. The molecule has 1 aromatic rings. The topological polar surface area (TPSA) is 41.3 Å². The van der Waals surface area contributed by atoms with Gasteiger partial charge in [-0.3, -0.25) is 0 Å². The first-order chi connectivity index (χ1) is 8.16. The molecule has 0 aromatic carbocycles. The zero-order chi connectivity index (χ0) is 12.3. The van der Waals surface area contributed by atoms with Gasteiger partial charge in [0.05, 0.1) is 5.69 Å². The molecular formula is C13H23N3O. The molecule has 4 nitrogen and oxygen atoms in total. The molecule has 1 aromatic heterocycles. The molecule has 0 atom stereocenters. The third-order valence-electron chi connectivity index (χ3n) is 3.41. The normalized spacial score (nSPS) is 16.9. The molecule has 1 fully saturated rings. The number of hydrogen-bond acceptors (Lipinski definition) is 4. The molecule has 2 rings (SSSR count). The standard InChI is InChI=1S/C13H23N3O/c1-10(2)14-8-11-9-17-13(15-11)16(3)12-6-4-5-7-12/h9-10,12,14H,4-8H2,1-3H3. The van der Waals surface area contributed by atoms with Gasteiger partial charge >= 0.3 is 0 Å². The SMILES string of the molecule is CC(C)NCc1coc(N(C)C2CCCC2)n1. The largest absolute Gasteiger partial charge is 0.432 e. The molecule has 1 heterocycles. The monoisotopic (exact) mass is 237 g/mol. The van der Waals surface area contributed by atoms with Crippen LogP contribution in [-0.2, 0) is 6.54 Å². The Kier molecular flexibility index (Phi) is 4.05. The van der Waals surface area contributed by atoms with Crippen molar-refractivity contribution in [3.8, 4) is 0 Å². The van der Waals surface area contributed by atoms with E-state index in [-0.39, 0.29) is 0 Å². The third-order valence-corrected chi connectivity index (χ3v) is 3.41. The van der Waals surface area contributed by atoms with Crippen molar-refractivity contribution in [1.82, 2.24) is 10.3 Å². The fourth-order valence-corrected chi connectivity index (χ4v) is 2.30. The number of anilines is 1. The van der Waals surface area contributed by atoms with Crippen molar-refractivity contribution >= 4 is 6.01 Å². The maximum absolute atomic E-state index is 5.55. The smallest absolute Gasteiger partial charge is 0.297 e. The molecule has 0 aliphatic heterocycles. The third kappa shape index (κ3) is 3.22. The summed E-state index contributed by atoms with van der Waals surface area (Å²) in [7, 11) is 2.08. The second kappa shape index (κ2) is 5.54. The van der Waals surface area contributed by atoms with Gasteiger partial charge in [-0.2, -0.15) is 4.98 Å². The van der Waals surface area contributed by atoms with Crippen molar-refractivity contribution in [2.45, 2.75) is 58.2 Å². The predicted octanol–water partition coefficient (Wildman–Crippen LogP) is 2.55. The van der Waals surface area contributed by atoms with E-state index in [1.165, 1.54) is 25.7 Å². The van der Waals surface area contributed by atoms with Crippen LogP contribution in [0.2, 0.25) is 0 Å². The van der Waals surface area contributed by atoms with Gasteiger partial charge < -0.3 is 14.6 Å². The van der Waals surface area contributed by atoms with E-state index >= 15 is 0 Å². The minimum Gasteiger partial charge on any atom is -0.432 e. The van der Waals surface area contributed by atoms with Gasteiger partial charge in [0, 0.05) is 25.7 Å². The molecule has 1 N–H and O–H groups in total. The number of aromatic nitrogens is 1. The Balaban J connectivity index is 1.92. The average Bonchev–Trinajstić information content (AvgIpc) is 2.97. The second-order valence-corrected chi connectivity index (χ2v) is 5.21. The molecule has 0 amide bonds. The van der Waals surface area contributed by atoms with Crippen molar-refractivity contribution in [3.05, 3.63) is 12.0 Å². The zero-order valence-corrected chi connectivity index (χ0v) is 11.1. The lowest BCUT2D eigenvalue weighted by Gasteiger charge is -2.21. The summed E-state index contributed by atoms with van der Waals surface area (Å²) in [5.41, 5.74) is 0.985. The summed E-state index contributed by atoms with van der Waals surface area (Å²) in [6.07, 6.45) is 6.95. The lowest BCUT2D eigenvalue weighted by molar-refractivity contribution is 0.511. The van der Waals surface area contributed by atoms with Crippen molar-refractivity contribution in [3.63, 3.8) is 0 Å². The highest BCUT2D eigenvalue weighted by Gasteiger charge is 2.22. The first kappa shape index (κ1) is 12.4. The molecule has 0 unspecified atom stereocenters. The highest BCUT2D eigenvalue weighted by molar-refractivity contribution is 5.27. The first-order valence-electron chi connectivity index (χ1n) is 6.57. The molecule has 4 heteroatoms. The Bertz CT molecular complexity index is 342. The van der Waals surface area contributed by atoms with Crippen LogP contribution in [-0.4, -0.2) is 24.1 Å². The van der Waals surface area contributed by atoms with Crippen LogP contribution in [0, 0.1) is 0 Å². The molecule has 1 aliphatic carbocycles. The highest BCUT2D eigenvalue weighted by atomic mass is 16.4. The molecule has 0 saturated heterocycles. The van der Waals surface area contributed by atoms with Crippen LogP contribution in [0.3, 0.4) is 0 Å². The summed E-state index contributed by atoms with van der Waals surface area (Å²) < 4.78 is 5.55. The van der Waals surface area contributed by atoms with Crippen LogP contribution in [0.15, 0.2) is 10.7 Å². The quantitative estimate of drug-likeness (QED) is 0.854. The summed E-state index contributed by atoms with van der Waals surface area (Å²) in [4.78, 5) is 6.71. The van der Waals surface area contributed by atoms with Crippen molar-refractivity contribution in [1.29, 1.82) is 0 Å². The maximum Gasteiger partial charge on any atom is 0.297 e. The van der Waals surface area contributed by atoms with Crippen molar-refractivity contribution in [2.24, 2.45) is 0 Å². The number of oxazole rings is 1. The van der Waals surface area contributed by atoms with E-state index in [0.717, 1.165) is 18.3 Å². The van der Waals surface area contributed by atoms with Crippen molar-refractivity contribution < 1.29 is 4.42 Å². The Labute approximate surface area is 103 Å². The Morgan fingerprint density at radius 1 is 1.47 bits per heavy atom. The maximum atomic E-state index is 5.55. The van der Waals surface area contributed by atoms with E-state index in [9.17, 15) is 0 Å². The van der Waals surface area contributed by atoms with Crippen LogP contribution >= 0.6 is 0 Å². The lowest BCUT2D eigenvalue weighted by Crippen LogP contribution is -2.29.